The van der Waals surface area contributed by atoms with Gasteiger partial charge in [0.25, 0.3) is 5.91 Å². The van der Waals surface area contributed by atoms with Gasteiger partial charge >= 0.3 is 0 Å². The van der Waals surface area contributed by atoms with E-state index in [-0.39, 0.29) is 5.91 Å². The standard InChI is InChI=1S/C18H24BrN7O/c1-25-9-7-12(8-10-25)26(2)17-15(20)16(21-11-22-17)23-24-18(27)13-5-3-4-6-14(13)19/h3-6,11-12H,7-10,20H2,1-2H3,(H,24,27)(H,21,22,23). The van der Waals surface area contributed by atoms with Crippen molar-refractivity contribution in [1.82, 2.24) is 20.3 Å². The molecule has 0 aliphatic carbocycles. The van der Waals surface area contributed by atoms with Gasteiger partial charge in [-0.05, 0) is 61.0 Å². The third-order valence-electron chi connectivity index (χ3n) is 4.85. The highest BCUT2D eigenvalue weighted by Gasteiger charge is 2.24. The number of carbonyl (C=O) groups is 1. The molecule has 1 aromatic carbocycles. The van der Waals surface area contributed by atoms with Gasteiger partial charge in [-0.3, -0.25) is 15.6 Å². The predicted molar refractivity (Wildman–Crippen MR) is 111 cm³/mol. The van der Waals surface area contributed by atoms with E-state index in [0.29, 0.717) is 33.4 Å². The lowest BCUT2D eigenvalue weighted by Crippen LogP contribution is -2.42. The van der Waals surface area contributed by atoms with Gasteiger partial charge in [-0.2, -0.15) is 0 Å². The molecule has 9 heteroatoms. The number of nitrogens with zero attached hydrogens (tertiary/aromatic N) is 4. The zero-order valence-corrected chi connectivity index (χ0v) is 17.0. The Morgan fingerprint density at radius 3 is 2.70 bits per heavy atom. The van der Waals surface area contributed by atoms with Crippen LogP contribution in [-0.4, -0.2) is 54.0 Å². The molecule has 1 saturated heterocycles. The summed E-state index contributed by atoms with van der Waals surface area (Å²) >= 11 is 3.37. The van der Waals surface area contributed by atoms with E-state index in [0.717, 1.165) is 25.9 Å². The van der Waals surface area contributed by atoms with Crippen molar-refractivity contribution in [3.8, 4) is 0 Å². The monoisotopic (exact) mass is 433 g/mol. The zero-order chi connectivity index (χ0) is 19.4. The zero-order valence-electron chi connectivity index (χ0n) is 15.4. The average Bonchev–Trinajstić information content (AvgIpc) is 2.67. The van der Waals surface area contributed by atoms with Crippen LogP contribution in [-0.2, 0) is 0 Å². The van der Waals surface area contributed by atoms with E-state index in [1.165, 1.54) is 6.33 Å². The summed E-state index contributed by atoms with van der Waals surface area (Å²) in [4.78, 5) is 25.3. The average molecular weight is 434 g/mol. The molecule has 0 saturated carbocycles. The van der Waals surface area contributed by atoms with Gasteiger partial charge in [0.2, 0.25) is 0 Å². The fourth-order valence-electron chi connectivity index (χ4n) is 3.15. The van der Waals surface area contributed by atoms with E-state index in [9.17, 15) is 4.79 Å². The number of halogens is 1. The second-order valence-electron chi connectivity index (χ2n) is 6.66. The van der Waals surface area contributed by atoms with Gasteiger partial charge in [0.1, 0.15) is 12.0 Å². The lowest BCUT2D eigenvalue weighted by Gasteiger charge is -2.36. The Kier molecular flexibility index (Phi) is 6.12. The van der Waals surface area contributed by atoms with Crippen molar-refractivity contribution >= 4 is 39.2 Å². The Morgan fingerprint density at radius 1 is 1.30 bits per heavy atom. The molecule has 1 fully saturated rings. The molecule has 27 heavy (non-hydrogen) atoms. The largest absolute Gasteiger partial charge is 0.393 e. The second kappa shape index (κ2) is 8.53. The number of anilines is 3. The number of hydrogen-bond acceptors (Lipinski definition) is 7. The number of carbonyl (C=O) groups excluding carboxylic acids is 1. The highest BCUT2D eigenvalue weighted by atomic mass is 79.9. The molecule has 0 bridgehead atoms. The van der Waals surface area contributed by atoms with Gasteiger partial charge in [-0.1, -0.05) is 12.1 Å². The maximum Gasteiger partial charge on any atom is 0.270 e. The Balaban J connectivity index is 1.69. The first-order valence-corrected chi connectivity index (χ1v) is 9.59. The summed E-state index contributed by atoms with van der Waals surface area (Å²) in [6, 6.07) is 7.56. The Labute approximate surface area is 167 Å². The molecule has 2 aromatic rings. The summed E-state index contributed by atoms with van der Waals surface area (Å²) in [5.41, 5.74) is 12.6. The van der Waals surface area contributed by atoms with E-state index in [1.807, 2.05) is 19.2 Å². The number of aromatic nitrogens is 2. The van der Waals surface area contributed by atoms with Crippen LogP contribution < -0.4 is 21.5 Å². The van der Waals surface area contributed by atoms with Gasteiger partial charge < -0.3 is 15.5 Å². The number of nitrogen functional groups attached to an aromatic ring is 1. The lowest BCUT2D eigenvalue weighted by atomic mass is 10.0. The van der Waals surface area contributed by atoms with E-state index in [2.05, 4.69) is 53.6 Å². The topological polar surface area (TPSA) is 99.4 Å². The molecule has 0 radical (unpaired) electrons. The summed E-state index contributed by atoms with van der Waals surface area (Å²) < 4.78 is 0.711. The van der Waals surface area contributed by atoms with Crippen molar-refractivity contribution in [2.24, 2.45) is 0 Å². The van der Waals surface area contributed by atoms with Crippen molar-refractivity contribution in [2.45, 2.75) is 18.9 Å². The molecule has 0 unspecified atom stereocenters. The van der Waals surface area contributed by atoms with Crippen LogP contribution in [0.2, 0.25) is 0 Å². The van der Waals surface area contributed by atoms with Gasteiger partial charge in [0, 0.05) is 17.6 Å². The molecule has 2 heterocycles. The summed E-state index contributed by atoms with van der Waals surface area (Å²) in [6.45, 7) is 2.10. The van der Waals surface area contributed by atoms with Gasteiger partial charge in [0.15, 0.2) is 11.6 Å². The first kappa shape index (κ1) is 19.4. The van der Waals surface area contributed by atoms with E-state index >= 15 is 0 Å². The van der Waals surface area contributed by atoms with Crippen molar-refractivity contribution in [1.29, 1.82) is 0 Å². The van der Waals surface area contributed by atoms with Crippen LogP contribution in [0.15, 0.2) is 35.1 Å². The smallest absolute Gasteiger partial charge is 0.270 e. The predicted octanol–water partition coefficient (Wildman–Crippen LogP) is 2.11. The van der Waals surface area contributed by atoms with Gasteiger partial charge in [-0.15, -0.1) is 0 Å². The van der Waals surface area contributed by atoms with Crippen molar-refractivity contribution < 1.29 is 4.79 Å². The third-order valence-corrected chi connectivity index (χ3v) is 5.54. The summed E-state index contributed by atoms with van der Waals surface area (Å²) in [6.07, 6.45) is 3.56. The quantitative estimate of drug-likeness (QED) is 0.620. The van der Waals surface area contributed by atoms with Crippen LogP contribution in [0.4, 0.5) is 17.3 Å². The number of amides is 1. The van der Waals surface area contributed by atoms with Crippen molar-refractivity contribution in [2.75, 3.05) is 43.2 Å². The Morgan fingerprint density at radius 2 is 2.00 bits per heavy atom. The van der Waals surface area contributed by atoms with E-state index in [1.54, 1.807) is 12.1 Å². The summed E-state index contributed by atoms with van der Waals surface area (Å²) in [5.74, 6) is 0.753. The van der Waals surface area contributed by atoms with Crippen molar-refractivity contribution in [3.05, 3.63) is 40.6 Å². The van der Waals surface area contributed by atoms with E-state index in [4.69, 9.17) is 5.73 Å². The van der Waals surface area contributed by atoms with Crippen LogP contribution >= 0.6 is 15.9 Å². The number of likely N-dealkylation sites (tertiary alicyclic amines) is 1. The number of hydrogen-bond donors (Lipinski definition) is 3. The van der Waals surface area contributed by atoms with Crippen LogP contribution in [0.25, 0.3) is 0 Å². The number of hydrazine groups is 1. The molecule has 1 amide bonds. The van der Waals surface area contributed by atoms with Crippen LogP contribution in [0.1, 0.15) is 23.2 Å². The maximum atomic E-state index is 12.3. The normalized spacial score (nSPS) is 15.4. The molecule has 1 aliphatic rings. The number of nitrogens with one attached hydrogen (secondary N) is 2. The minimum Gasteiger partial charge on any atom is -0.393 e. The highest BCUT2D eigenvalue weighted by Crippen LogP contribution is 2.28. The Bertz CT molecular complexity index is 808. The van der Waals surface area contributed by atoms with E-state index < -0.39 is 0 Å². The number of rotatable bonds is 5. The first-order chi connectivity index (χ1) is 13.0. The SMILES string of the molecule is CN1CCC(N(C)c2ncnc(NNC(=O)c3ccccc3Br)c2N)CC1. The number of piperidine rings is 1. The Hall–Kier alpha value is -2.39. The molecular weight excluding hydrogens is 410 g/mol. The van der Waals surface area contributed by atoms with Crippen LogP contribution in [0, 0.1) is 0 Å². The number of benzene rings is 1. The molecular formula is C18H24BrN7O. The molecule has 8 nitrogen and oxygen atoms in total. The second-order valence-corrected chi connectivity index (χ2v) is 7.52. The van der Waals surface area contributed by atoms with Gasteiger partial charge in [0.05, 0.1) is 5.56 Å². The highest BCUT2D eigenvalue weighted by molar-refractivity contribution is 9.10. The number of nitrogens with two attached hydrogens (primary N) is 1. The molecule has 3 rings (SSSR count). The summed E-state index contributed by atoms with van der Waals surface area (Å²) in [5, 5.41) is 0. The van der Waals surface area contributed by atoms with Crippen LogP contribution in [0.3, 0.4) is 0 Å². The van der Waals surface area contributed by atoms with Crippen molar-refractivity contribution in [3.63, 3.8) is 0 Å². The van der Waals surface area contributed by atoms with Crippen LogP contribution in [0.5, 0.6) is 0 Å². The fourth-order valence-corrected chi connectivity index (χ4v) is 3.62. The molecule has 144 valence electrons. The molecule has 0 spiro atoms. The molecule has 4 N–H and O–H groups in total. The first-order valence-electron chi connectivity index (χ1n) is 8.80. The minimum atomic E-state index is -0.286. The maximum absolute atomic E-state index is 12.3. The fraction of sp³-hybridized carbons (Fsp3) is 0.389. The third kappa shape index (κ3) is 4.48. The molecule has 1 aromatic heterocycles. The van der Waals surface area contributed by atoms with Gasteiger partial charge in [-0.25, -0.2) is 9.97 Å². The minimum absolute atomic E-state index is 0.286. The lowest BCUT2D eigenvalue weighted by molar-refractivity contribution is 0.0961. The summed E-state index contributed by atoms with van der Waals surface area (Å²) in [7, 11) is 4.13. The molecule has 0 atom stereocenters. The molecule has 1 aliphatic heterocycles.